The number of nitrogens with zero attached hydrogens (tertiary/aromatic N) is 2. The summed E-state index contributed by atoms with van der Waals surface area (Å²) in [5.41, 5.74) is 0.753. The fourth-order valence-corrected chi connectivity index (χ4v) is 1.92. The number of hydrogen-bond acceptors (Lipinski definition) is 3. The Morgan fingerprint density at radius 3 is 2.53 bits per heavy atom. The molecule has 1 atom stereocenters. The topological polar surface area (TPSA) is 37.8 Å². The maximum Gasteiger partial charge on any atom is 0.174 e. The van der Waals surface area contributed by atoms with Crippen molar-refractivity contribution in [2.75, 3.05) is 5.32 Å². The first-order valence-corrected chi connectivity index (χ1v) is 6.70. The van der Waals surface area contributed by atoms with Crippen LogP contribution >= 0.6 is 23.2 Å². The average molecular weight is 276 g/mol. The first-order valence-electron chi connectivity index (χ1n) is 5.94. The summed E-state index contributed by atoms with van der Waals surface area (Å²) in [7, 11) is 0. The quantitative estimate of drug-likeness (QED) is 0.836. The number of aromatic nitrogens is 2. The zero-order chi connectivity index (χ0) is 12.8. The zero-order valence-corrected chi connectivity index (χ0v) is 12.0. The lowest BCUT2D eigenvalue weighted by atomic mass is 10.0. The van der Waals surface area contributed by atoms with E-state index in [0.29, 0.717) is 16.3 Å². The minimum atomic E-state index is 0.353. The van der Waals surface area contributed by atoms with Crippen molar-refractivity contribution in [1.82, 2.24) is 10.2 Å². The minimum absolute atomic E-state index is 0.353. The number of halogens is 2. The van der Waals surface area contributed by atoms with Gasteiger partial charge < -0.3 is 5.32 Å². The summed E-state index contributed by atoms with van der Waals surface area (Å²) in [5.74, 6) is 0.753. The van der Waals surface area contributed by atoms with Crippen LogP contribution in [0.3, 0.4) is 0 Å². The molecule has 0 aliphatic heterocycles. The van der Waals surface area contributed by atoms with Crippen LogP contribution in [0.4, 0.5) is 5.69 Å². The van der Waals surface area contributed by atoms with Gasteiger partial charge in [-0.15, -0.1) is 10.2 Å². The SMILES string of the molecule is CC(C)CCCC(C)Nc1cc(Cl)nnc1Cl. The third-order valence-corrected chi connectivity index (χ3v) is 3.00. The summed E-state index contributed by atoms with van der Waals surface area (Å²) in [5, 5.41) is 11.5. The zero-order valence-electron chi connectivity index (χ0n) is 10.5. The number of nitrogens with one attached hydrogen (secondary N) is 1. The first-order chi connectivity index (χ1) is 7.99. The van der Waals surface area contributed by atoms with Crippen molar-refractivity contribution in [1.29, 1.82) is 0 Å². The van der Waals surface area contributed by atoms with E-state index in [0.717, 1.165) is 18.0 Å². The van der Waals surface area contributed by atoms with Gasteiger partial charge in [0, 0.05) is 12.1 Å². The Morgan fingerprint density at radius 1 is 1.18 bits per heavy atom. The molecule has 1 rings (SSSR count). The summed E-state index contributed by atoms with van der Waals surface area (Å²) < 4.78 is 0. The van der Waals surface area contributed by atoms with Crippen molar-refractivity contribution in [2.45, 2.75) is 46.1 Å². The van der Waals surface area contributed by atoms with Crippen LogP contribution in [0, 0.1) is 5.92 Å². The molecule has 0 aromatic carbocycles. The second-order valence-electron chi connectivity index (χ2n) is 4.74. The van der Waals surface area contributed by atoms with E-state index < -0.39 is 0 Å². The Morgan fingerprint density at radius 2 is 1.88 bits per heavy atom. The Labute approximate surface area is 113 Å². The van der Waals surface area contributed by atoms with Crippen LogP contribution in [0.1, 0.15) is 40.0 Å². The van der Waals surface area contributed by atoms with Gasteiger partial charge >= 0.3 is 0 Å². The van der Waals surface area contributed by atoms with E-state index in [2.05, 4.69) is 36.3 Å². The van der Waals surface area contributed by atoms with Crippen molar-refractivity contribution >= 4 is 28.9 Å². The normalized spacial score (nSPS) is 12.8. The molecule has 0 saturated heterocycles. The highest BCUT2D eigenvalue weighted by molar-refractivity contribution is 6.33. The standard InChI is InChI=1S/C12H19Cl2N3/c1-8(2)5-4-6-9(3)15-10-7-11(13)16-17-12(10)14/h7-9H,4-6H2,1-3H3,(H,15,16). The highest BCUT2D eigenvalue weighted by atomic mass is 35.5. The Kier molecular flexibility index (Phi) is 6.00. The van der Waals surface area contributed by atoms with Crippen LogP contribution in [0.25, 0.3) is 0 Å². The van der Waals surface area contributed by atoms with Gasteiger partial charge in [0.25, 0.3) is 0 Å². The van der Waals surface area contributed by atoms with Crippen molar-refractivity contribution in [3.63, 3.8) is 0 Å². The van der Waals surface area contributed by atoms with Crippen molar-refractivity contribution < 1.29 is 0 Å². The highest BCUT2D eigenvalue weighted by Crippen LogP contribution is 2.22. The molecule has 96 valence electrons. The van der Waals surface area contributed by atoms with Crippen molar-refractivity contribution in [3.8, 4) is 0 Å². The van der Waals surface area contributed by atoms with Crippen molar-refractivity contribution in [3.05, 3.63) is 16.4 Å². The molecule has 1 N–H and O–H groups in total. The highest BCUT2D eigenvalue weighted by Gasteiger charge is 2.08. The largest absolute Gasteiger partial charge is 0.380 e. The van der Waals surface area contributed by atoms with E-state index in [1.54, 1.807) is 6.07 Å². The predicted octanol–water partition coefficient (Wildman–Crippen LogP) is 4.41. The fourth-order valence-electron chi connectivity index (χ4n) is 1.62. The molecule has 17 heavy (non-hydrogen) atoms. The maximum atomic E-state index is 5.93. The van der Waals surface area contributed by atoms with E-state index in [9.17, 15) is 0 Å². The van der Waals surface area contributed by atoms with Crippen LogP contribution in [0.5, 0.6) is 0 Å². The van der Waals surface area contributed by atoms with E-state index >= 15 is 0 Å². The number of hydrogen-bond donors (Lipinski definition) is 1. The van der Waals surface area contributed by atoms with Crippen LogP contribution in [-0.2, 0) is 0 Å². The van der Waals surface area contributed by atoms with E-state index in [1.165, 1.54) is 12.8 Å². The van der Waals surface area contributed by atoms with Crippen molar-refractivity contribution in [2.24, 2.45) is 5.92 Å². The second-order valence-corrected chi connectivity index (χ2v) is 5.49. The molecule has 0 bridgehead atoms. The fraction of sp³-hybridized carbons (Fsp3) is 0.667. The van der Waals surface area contributed by atoms with E-state index in [-0.39, 0.29) is 0 Å². The molecule has 0 aliphatic rings. The van der Waals surface area contributed by atoms with E-state index in [4.69, 9.17) is 23.2 Å². The number of anilines is 1. The summed E-state index contributed by atoms with van der Waals surface area (Å²) in [4.78, 5) is 0. The molecule has 5 heteroatoms. The maximum absolute atomic E-state index is 5.93. The van der Waals surface area contributed by atoms with Crippen LogP contribution in [0.2, 0.25) is 10.3 Å². The summed E-state index contributed by atoms with van der Waals surface area (Å²) in [6, 6.07) is 2.06. The lowest BCUT2D eigenvalue weighted by Crippen LogP contribution is -2.16. The molecule has 1 aromatic heterocycles. The first kappa shape index (κ1) is 14.5. The average Bonchev–Trinajstić information content (AvgIpc) is 2.23. The minimum Gasteiger partial charge on any atom is -0.380 e. The van der Waals surface area contributed by atoms with Gasteiger partial charge in [0.2, 0.25) is 0 Å². The van der Waals surface area contributed by atoms with Gasteiger partial charge in [-0.25, -0.2) is 0 Å². The molecular weight excluding hydrogens is 257 g/mol. The molecule has 3 nitrogen and oxygen atoms in total. The third kappa shape index (κ3) is 5.55. The van der Waals surface area contributed by atoms with E-state index in [1.807, 2.05) is 0 Å². The molecule has 0 fully saturated rings. The molecular formula is C12H19Cl2N3. The molecule has 1 heterocycles. The van der Waals surface area contributed by atoms with Gasteiger partial charge in [0.1, 0.15) is 0 Å². The Bertz CT molecular complexity index is 356. The van der Waals surface area contributed by atoms with Gasteiger partial charge in [0.05, 0.1) is 5.69 Å². The lowest BCUT2D eigenvalue weighted by Gasteiger charge is -2.16. The molecule has 1 unspecified atom stereocenters. The van der Waals surface area contributed by atoms with Gasteiger partial charge in [-0.2, -0.15) is 0 Å². The molecule has 0 spiro atoms. The Hall–Kier alpha value is -0.540. The van der Waals surface area contributed by atoms with Gasteiger partial charge in [-0.1, -0.05) is 49.9 Å². The van der Waals surface area contributed by atoms with Gasteiger partial charge in [0.15, 0.2) is 10.3 Å². The number of rotatable bonds is 6. The molecule has 1 aromatic rings. The Balaban J connectivity index is 2.44. The molecule has 0 aliphatic carbocycles. The second kappa shape index (κ2) is 7.02. The summed E-state index contributed by atoms with van der Waals surface area (Å²) in [6.45, 7) is 6.61. The summed E-state index contributed by atoms with van der Waals surface area (Å²) in [6.07, 6.45) is 3.55. The lowest BCUT2D eigenvalue weighted by molar-refractivity contribution is 0.520. The van der Waals surface area contributed by atoms with Crippen LogP contribution in [-0.4, -0.2) is 16.2 Å². The molecule has 0 radical (unpaired) electrons. The summed E-state index contributed by atoms with van der Waals surface area (Å²) >= 11 is 11.7. The molecule has 0 amide bonds. The smallest absolute Gasteiger partial charge is 0.174 e. The van der Waals surface area contributed by atoms with Gasteiger partial charge in [-0.05, 0) is 19.3 Å². The predicted molar refractivity (Wildman–Crippen MR) is 73.8 cm³/mol. The van der Waals surface area contributed by atoms with Crippen LogP contribution in [0.15, 0.2) is 6.07 Å². The third-order valence-electron chi connectivity index (χ3n) is 2.54. The monoisotopic (exact) mass is 275 g/mol. The van der Waals surface area contributed by atoms with Crippen LogP contribution < -0.4 is 5.32 Å². The van der Waals surface area contributed by atoms with Gasteiger partial charge in [-0.3, -0.25) is 0 Å². The molecule has 0 saturated carbocycles.